The fraction of sp³-hybridized carbons (Fsp3) is 0.625. The lowest BCUT2D eigenvalue weighted by molar-refractivity contribution is 0.288. The van der Waals surface area contributed by atoms with Gasteiger partial charge < -0.3 is 19.7 Å². The molecule has 1 aromatic rings. The van der Waals surface area contributed by atoms with Gasteiger partial charge in [-0.15, -0.1) is 0 Å². The van der Waals surface area contributed by atoms with Crippen molar-refractivity contribution in [1.82, 2.24) is 5.32 Å². The molecule has 4 heteroatoms. The van der Waals surface area contributed by atoms with Crippen LogP contribution in [0, 0.1) is 0 Å². The largest absolute Gasteiger partial charge is 0.490 e. The smallest absolute Gasteiger partial charge is 0.163 e. The predicted octanol–water partition coefficient (Wildman–Crippen LogP) is 2.67. The van der Waals surface area contributed by atoms with Gasteiger partial charge in [0.2, 0.25) is 0 Å². The van der Waals surface area contributed by atoms with E-state index < -0.39 is 0 Å². The van der Waals surface area contributed by atoms with E-state index >= 15 is 0 Å². The maximum Gasteiger partial charge on any atom is 0.163 e. The zero-order valence-electron chi connectivity index (χ0n) is 12.8. The van der Waals surface area contributed by atoms with Gasteiger partial charge in [-0.3, -0.25) is 0 Å². The van der Waals surface area contributed by atoms with Crippen LogP contribution in [0.4, 0.5) is 5.69 Å². The van der Waals surface area contributed by atoms with Gasteiger partial charge in [0.15, 0.2) is 11.5 Å². The van der Waals surface area contributed by atoms with Gasteiger partial charge in [-0.1, -0.05) is 0 Å². The quantitative estimate of drug-likeness (QED) is 0.898. The first-order chi connectivity index (χ1) is 9.74. The van der Waals surface area contributed by atoms with Crippen LogP contribution in [0.5, 0.6) is 11.5 Å². The van der Waals surface area contributed by atoms with Gasteiger partial charge in [-0.25, -0.2) is 0 Å². The minimum Gasteiger partial charge on any atom is -0.490 e. The molecule has 1 atom stereocenters. The van der Waals surface area contributed by atoms with Gasteiger partial charge in [0.05, 0.1) is 13.2 Å². The lowest BCUT2D eigenvalue weighted by atomic mass is 10.2. The van der Waals surface area contributed by atoms with Crippen molar-refractivity contribution in [3.05, 3.63) is 18.2 Å². The minimum atomic E-state index is 0.514. The molecule has 0 aliphatic carbocycles. The van der Waals surface area contributed by atoms with Crippen molar-refractivity contribution in [2.75, 3.05) is 37.7 Å². The molecular formula is C16H26N2O2. The molecule has 1 fully saturated rings. The fourth-order valence-corrected chi connectivity index (χ4v) is 2.58. The first kappa shape index (κ1) is 15.0. The molecule has 112 valence electrons. The van der Waals surface area contributed by atoms with Gasteiger partial charge >= 0.3 is 0 Å². The Hall–Kier alpha value is -1.42. The summed E-state index contributed by atoms with van der Waals surface area (Å²) >= 11 is 0. The van der Waals surface area contributed by atoms with E-state index in [0.717, 1.165) is 31.1 Å². The van der Waals surface area contributed by atoms with E-state index in [1.807, 2.05) is 19.9 Å². The van der Waals surface area contributed by atoms with E-state index in [1.54, 1.807) is 0 Å². The number of nitrogens with one attached hydrogen (secondary N) is 1. The van der Waals surface area contributed by atoms with Crippen LogP contribution >= 0.6 is 0 Å². The molecule has 1 unspecified atom stereocenters. The molecule has 1 N–H and O–H groups in total. The third kappa shape index (κ3) is 3.79. The molecule has 0 amide bonds. The highest BCUT2D eigenvalue weighted by Gasteiger charge is 2.16. The van der Waals surface area contributed by atoms with Gasteiger partial charge in [0, 0.05) is 30.9 Å². The lowest BCUT2D eigenvalue weighted by Gasteiger charge is -2.25. The molecule has 1 aliphatic rings. The van der Waals surface area contributed by atoms with E-state index in [1.165, 1.54) is 12.1 Å². The van der Waals surface area contributed by atoms with Crippen LogP contribution in [0.1, 0.15) is 27.2 Å². The summed E-state index contributed by atoms with van der Waals surface area (Å²) in [6.07, 6.45) is 1.17. The van der Waals surface area contributed by atoms with E-state index in [2.05, 4.69) is 29.3 Å². The number of nitrogens with zero attached hydrogens (tertiary/aromatic N) is 1. The summed E-state index contributed by atoms with van der Waals surface area (Å²) in [5.41, 5.74) is 1.22. The molecule has 4 nitrogen and oxygen atoms in total. The maximum absolute atomic E-state index is 5.71. The number of hydrogen-bond donors (Lipinski definition) is 1. The minimum absolute atomic E-state index is 0.514. The zero-order valence-corrected chi connectivity index (χ0v) is 12.8. The Kier molecular flexibility index (Phi) is 5.53. The molecule has 0 bridgehead atoms. The second-order valence-corrected chi connectivity index (χ2v) is 5.15. The molecule has 0 saturated carbocycles. The van der Waals surface area contributed by atoms with E-state index in [0.29, 0.717) is 19.3 Å². The highest BCUT2D eigenvalue weighted by Crippen LogP contribution is 2.32. The standard InChI is InChI=1S/C16H26N2O2/c1-4-19-15-8-7-14(11-16(15)20-5-2)18-10-6-9-17-13(3)12-18/h7-8,11,13,17H,4-6,9-10,12H2,1-3H3. The normalized spacial score (nSPS) is 19.6. The fourth-order valence-electron chi connectivity index (χ4n) is 2.58. The third-order valence-electron chi connectivity index (χ3n) is 3.48. The first-order valence-corrected chi connectivity index (χ1v) is 7.62. The summed E-state index contributed by atoms with van der Waals surface area (Å²) in [4.78, 5) is 2.42. The third-order valence-corrected chi connectivity index (χ3v) is 3.48. The van der Waals surface area contributed by atoms with Crippen molar-refractivity contribution in [2.45, 2.75) is 33.2 Å². The molecule has 0 radical (unpaired) electrons. The molecule has 1 aliphatic heterocycles. The lowest BCUT2D eigenvalue weighted by Crippen LogP contribution is -2.35. The monoisotopic (exact) mass is 278 g/mol. The Bertz CT molecular complexity index is 423. The molecule has 0 spiro atoms. The summed E-state index contributed by atoms with van der Waals surface area (Å²) in [6, 6.07) is 6.77. The molecule has 1 heterocycles. The van der Waals surface area contributed by atoms with Crippen LogP contribution in [-0.2, 0) is 0 Å². The summed E-state index contributed by atoms with van der Waals surface area (Å²) in [5.74, 6) is 1.68. The predicted molar refractivity (Wildman–Crippen MR) is 83.1 cm³/mol. The first-order valence-electron chi connectivity index (χ1n) is 7.62. The number of ether oxygens (including phenoxy) is 2. The molecule has 1 aromatic carbocycles. The van der Waals surface area contributed by atoms with Crippen LogP contribution in [0.15, 0.2) is 18.2 Å². The topological polar surface area (TPSA) is 33.7 Å². The zero-order chi connectivity index (χ0) is 14.4. The van der Waals surface area contributed by atoms with Crippen LogP contribution in [-0.4, -0.2) is 38.9 Å². The highest BCUT2D eigenvalue weighted by molar-refractivity contribution is 5.56. The number of anilines is 1. The van der Waals surface area contributed by atoms with Crippen molar-refractivity contribution in [2.24, 2.45) is 0 Å². The molecule has 0 aromatic heterocycles. The Morgan fingerprint density at radius 2 is 1.95 bits per heavy atom. The average Bonchev–Trinajstić information content (AvgIpc) is 2.66. The Morgan fingerprint density at radius 1 is 1.20 bits per heavy atom. The average molecular weight is 278 g/mol. The maximum atomic E-state index is 5.71. The number of benzene rings is 1. The molecule has 1 saturated heterocycles. The van der Waals surface area contributed by atoms with Crippen molar-refractivity contribution in [3.8, 4) is 11.5 Å². The van der Waals surface area contributed by atoms with Crippen molar-refractivity contribution in [1.29, 1.82) is 0 Å². The number of hydrogen-bond acceptors (Lipinski definition) is 4. The molecular weight excluding hydrogens is 252 g/mol. The van der Waals surface area contributed by atoms with Crippen LogP contribution in [0.3, 0.4) is 0 Å². The van der Waals surface area contributed by atoms with Crippen LogP contribution in [0.2, 0.25) is 0 Å². The van der Waals surface area contributed by atoms with E-state index in [9.17, 15) is 0 Å². The number of rotatable bonds is 5. The second-order valence-electron chi connectivity index (χ2n) is 5.15. The van der Waals surface area contributed by atoms with Crippen molar-refractivity contribution >= 4 is 5.69 Å². The van der Waals surface area contributed by atoms with Gasteiger partial charge in [0.25, 0.3) is 0 Å². The van der Waals surface area contributed by atoms with Crippen LogP contribution in [0.25, 0.3) is 0 Å². The summed E-state index contributed by atoms with van der Waals surface area (Å²) in [5, 5.41) is 3.52. The van der Waals surface area contributed by atoms with Gasteiger partial charge in [-0.2, -0.15) is 0 Å². The summed E-state index contributed by atoms with van der Waals surface area (Å²) in [7, 11) is 0. The summed E-state index contributed by atoms with van der Waals surface area (Å²) in [6.45, 7) is 10.7. The van der Waals surface area contributed by atoms with Crippen molar-refractivity contribution in [3.63, 3.8) is 0 Å². The second kappa shape index (κ2) is 7.39. The Morgan fingerprint density at radius 3 is 2.70 bits per heavy atom. The van der Waals surface area contributed by atoms with E-state index in [-0.39, 0.29) is 0 Å². The molecule has 2 rings (SSSR count). The Labute approximate surface area is 122 Å². The van der Waals surface area contributed by atoms with E-state index in [4.69, 9.17) is 9.47 Å². The van der Waals surface area contributed by atoms with Crippen molar-refractivity contribution < 1.29 is 9.47 Å². The molecule has 20 heavy (non-hydrogen) atoms. The van der Waals surface area contributed by atoms with Gasteiger partial charge in [-0.05, 0) is 45.9 Å². The summed E-state index contributed by atoms with van der Waals surface area (Å²) < 4.78 is 11.3. The highest BCUT2D eigenvalue weighted by atomic mass is 16.5. The van der Waals surface area contributed by atoms with Gasteiger partial charge in [0.1, 0.15) is 0 Å². The SMILES string of the molecule is CCOc1ccc(N2CCCNC(C)C2)cc1OCC. The van der Waals surface area contributed by atoms with Crippen LogP contribution < -0.4 is 19.7 Å². The Balaban J connectivity index is 2.20.